The molecule has 0 bridgehead atoms. The monoisotopic (exact) mass is 470 g/mol. The number of nitrogens with two attached hydrogens (primary N) is 1. The zero-order chi connectivity index (χ0) is 21.3. The molecule has 1 amide bonds. The van der Waals surface area contributed by atoms with Gasteiger partial charge in [0.1, 0.15) is 12.6 Å². The van der Waals surface area contributed by atoms with Crippen molar-refractivity contribution in [2.24, 2.45) is 5.73 Å². The number of ether oxygens (including phenoxy) is 2. The lowest BCUT2D eigenvalue weighted by molar-refractivity contribution is -0.115. The van der Waals surface area contributed by atoms with Crippen LogP contribution >= 0.6 is 15.9 Å². The van der Waals surface area contributed by atoms with E-state index < -0.39 is 11.9 Å². The quantitative estimate of drug-likeness (QED) is 0.568. The molecule has 0 unspecified atom stereocenters. The van der Waals surface area contributed by atoms with Crippen LogP contribution in [0.25, 0.3) is 0 Å². The van der Waals surface area contributed by atoms with Gasteiger partial charge in [0.05, 0.1) is 12.7 Å². The van der Waals surface area contributed by atoms with Gasteiger partial charge in [-0.25, -0.2) is 0 Å². The second kappa shape index (κ2) is 8.15. The lowest BCUT2D eigenvalue weighted by Crippen LogP contribution is -2.31. The van der Waals surface area contributed by atoms with E-state index in [1.165, 1.54) is 4.68 Å². The van der Waals surface area contributed by atoms with Crippen molar-refractivity contribution in [1.82, 2.24) is 20.2 Å². The smallest absolute Gasteiger partial charge is 0.248 e. The molecule has 1 atom stereocenters. The Balaban J connectivity index is 1.66. The highest BCUT2D eigenvalue weighted by Gasteiger charge is 2.33. The van der Waals surface area contributed by atoms with Crippen LogP contribution in [0.5, 0.6) is 11.5 Å². The maximum absolute atomic E-state index is 12.2. The molecule has 1 aliphatic rings. The number of rotatable bonds is 6. The molecule has 0 fully saturated rings. The molecule has 2 aromatic carbocycles. The summed E-state index contributed by atoms with van der Waals surface area (Å²) in [4.78, 5) is 12.2. The van der Waals surface area contributed by atoms with Crippen molar-refractivity contribution in [2.75, 3.05) is 12.4 Å². The van der Waals surface area contributed by atoms with E-state index in [1.54, 1.807) is 26.2 Å². The van der Waals surface area contributed by atoms with Gasteiger partial charge in [0.15, 0.2) is 11.5 Å². The normalized spacial score (nSPS) is 15.4. The van der Waals surface area contributed by atoms with Gasteiger partial charge < -0.3 is 20.5 Å². The number of fused-ring (bicyclic) bond motifs is 1. The fraction of sp³-hybridized carbons (Fsp3) is 0.200. The molecular weight excluding hydrogens is 452 g/mol. The Hall–Kier alpha value is -3.40. The maximum Gasteiger partial charge on any atom is 0.248 e. The molecule has 30 heavy (non-hydrogen) atoms. The first-order valence-electron chi connectivity index (χ1n) is 9.08. The number of amides is 1. The van der Waals surface area contributed by atoms with Gasteiger partial charge in [0, 0.05) is 10.2 Å². The first-order chi connectivity index (χ1) is 14.5. The van der Waals surface area contributed by atoms with Crippen molar-refractivity contribution >= 4 is 27.8 Å². The van der Waals surface area contributed by atoms with Gasteiger partial charge in [-0.2, -0.15) is 4.68 Å². The number of benzene rings is 2. The minimum Gasteiger partial charge on any atom is -0.493 e. The Kier molecular flexibility index (Phi) is 5.40. The lowest BCUT2D eigenvalue weighted by Gasteiger charge is -2.27. The molecule has 1 aliphatic heterocycles. The van der Waals surface area contributed by atoms with Crippen LogP contribution in [0, 0.1) is 0 Å². The number of primary amides is 1. The van der Waals surface area contributed by atoms with Gasteiger partial charge in [0.25, 0.3) is 0 Å². The van der Waals surface area contributed by atoms with Gasteiger partial charge in [-0.3, -0.25) is 4.79 Å². The van der Waals surface area contributed by atoms with Crippen molar-refractivity contribution < 1.29 is 14.3 Å². The third kappa shape index (κ3) is 3.73. The molecule has 1 aromatic heterocycles. The Bertz CT molecular complexity index is 1130. The Morgan fingerprint density at radius 3 is 2.70 bits per heavy atom. The fourth-order valence-electron chi connectivity index (χ4n) is 3.35. The molecule has 3 N–H and O–H groups in total. The number of methoxy groups -OCH3 is 1. The largest absolute Gasteiger partial charge is 0.493 e. The maximum atomic E-state index is 12.2. The Morgan fingerprint density at radius 1 is 1.23 bits per heavy atom. The van der Waals surface area contributed by atoms with E-state index >= 15 is 0 Å². The highest BCUT2D eigenvalue weighted by molar-refractivity contribution is 9.10. The van der Waals surface area contributed by atoms with Gasteiger partial charge in [-0.1, -0.05) is 39.2 Å². The number of aromatic nitrogens is 4. The summed E-state index contributed by atoms with van der Waals surface area (Å²) in [6.45, 7) is 2.15. The molecule has 154 valence electrons. The molecule has 2 heterocycles. The second-order valence-corrected chi connectivity index (χ2v) is 7.62. The predicted octanol–water partition coefficient (Wildman–Crippen LogP) is 2.80. The second-order valence-electron chi connectivity index (χ2n) is 6.70. The van der Waals surface area contributed by atoms with Crippen LogP contribution in [-0.2, 0) is 11.4 Å². The summed E-state index contributed by atoms with van der Waals surface area (Å²) in [5, 5.41) is 14.7. The number of carbonyl (C=O) groups excluding carboxylic acids is 1. The standard InChI is InChI=1S/C20H19BrN6O3/c1-11-17(19(22)28)18(27-20(23-11)24-25-26-27)13-5-8-15(16(9-13)29-2)30-10-12-3-6-14(21)7-4-12/h3-9,18H,10H2,1-2H3,(H2,22,28)(H,23,24,26)/t18-/m0/s1. The molecule has 0 spiro atoms. The highest BCUT2D eigenvalue weighted by atomic mass is 79.9. The van der Waals surface area contributed by atoms with Gasteiger partial charge >= 0.3 is 0 Å². The Labute approximate surface area is 181 Å². The minimum atomic E-state index is -0.580. The summed E-state index contributed by atoms with van der Waals surface area (Å²) in [7, 11) is 1.56. The van der Waals surface area contributed by atoms with Crippen LogP contribution in [0.2, 0.25) is 0 Å². The van der Waals surface area contributed by atoms with Gasteiger partial charge in [-0.15, -0.1) is 0 Å². The molecule has 0 saturated carbocycles. The third-order valence-corrected chi connectivity index (χ3v) is 5.32. The number of nitrogens with one attached hydrogen (secondary N) is 1. The SMILES string of the molecule is COc1cc([C@H]2C(C(N)=O)=C(C)Nc3nnnn32)ccc1OCc1ccc(Br)cc1. The van der Waals surface area contributed by atoms with E-state index in [2.05, 4.69) is 36.8 Å². The Morgan fingerprint density at radius 2 is 2.00 bits per heavy atom. The molecule has 0 radical (unpaired) electrons. The van der Waals surface area contributed by atoms with Crippen LogP contribution < -0.4 is 20.5 Å². The molecular formula is C20H19BrN6O3. The summed E-state index contributed by atoms with van der Waals surface area (Å²) >= 11 is 3.42. The predicted molar refractivity (Wildman–Crippen MR) is 113 cm³/mol. The molecule has 0 aliphatic carbocycles. The van der Waals surface area contributed by atoms with Crippen LogP contribution in [0.15, 0.2) is 58.2 Å². The molecule has 0 saturated heterocycles. The number of allylic oxidation sites excluding steroid dienone is 1. The average molecular weight is 471 g/mol. The number of anilines is 1. The van der Waals surface area contributed by atoms with E-state index in [1.807, 2.05) is 30.3 Å². The van der Waals surface area contributed by atoms with Gasteiger partial charge in [0.2, 0.25) is 11.9 Å². The van der Waals surface area contributed by atoms with E-state index in [0.29, 0.717) is 35.3 Å². The zero-order valence-electron chi connectivity index (χ0n) is 16.3. The number of hydrogen-bond donors (Lipinski definition) is 2. The van der Waals surface area contributed by atoms with Crippen LogP contribution in [0.3, 0.4) is 0 Å². The van der Waals surface area contributed by atoms with Crippen molar-refractivity contribution in [1.29, 1.82) is 0 Å². The topological polar surface area (TPSA) is 117 Å². The summed E-state index contributed by atoms with van der Waals surface area (Å²) < 4.78 is 14.0. The van der Waals surface area contributed by atoms with Gasteiger partial charge in [-0.05, 0) is 52.7 Å². The number of carbonyl (C=O) groups is 1. The van der Waals surface area contributed by atoms with E-state index in [9.17, 15) is 4.79 Å². The summed E-state index contributed by atoms with van der Waals surface area (Å²) in [5.74, 6) is 0.980. The summed E-state index contributed by atoms with van der Waals surface area (Å²) in [5.41, 5.74) is 8.40. The van der Waals surface area contributed by atoms with E-state index in [-0.39, 0.29) is 0 Å². The molecule has 10 heteroatoms. The van der Waals surface area contributed by atoms with E-state index in [0.717, 1.165) is 15.6 Å². The number of halogens is 1. The van der Waals surface area contributed by atoms with Crippen molar-refractivity contribution in [3.8, 4) is 11.5 Å². The fourth-order valence-corrected chi connectivity index (χ4v) is 3.62. The first kappa shape index (κ1) is 19.9. The molecule has 3 aromatic rings. The molecule has 9 nitrogen and oxygen atoms in total. The lowest BCUT2D eigenvalue weighted by atomic mass is 9.95. The highest BCUT2D eigenvalue weighted by Crippen LogP contribution is 2.38. The first-order valence-corrected chi connectivity index (χ1v) is 9.88. The van der Waals surface area contributed by atoms with E-state index in [4.69, 9.17) is 15.2 Å². The third-order valence-electron chi connectivity index (χ3n) is 4.79. The number of tetrazole rings is 1. The van der Waals surface area contributed by atoms with Crippen LogP contribution in [0.4, 0.5) is 5.95 Å². The zero-order valence-corrected chi connectivity index (χ0v) is 17.9. The van der Waals surface area contributed by atoms with Crippen molar-refractivity contribution in [3.63, 3.8) is 0 Å². The average Bonchev–Trinajstić information content (AvgIpc) is 3.20. The number of hydrogen-bond acceptors (Lipinski definition) is 7. The minimum absolute atomic E-state index is 0.375. The summed E-state index contributed by atoms with van der Waals surface area (Å²) in [6, 6.07) is 12.7. The molecule has 4 rings (SSSR count). The summed E-state index contributed by atoms with van der Waals surface area (Å²) in [6.07, 6.45) is 0. The van der Waals surface area contributed by atoms with Crippen LogP contribution in [-0.4, -0.2) is 33.2 Å². The van der Waals surface area contributed by atoms with Crippen LogP contribution in [0.1, 0.15) is 24.1 Å². The van der Waals surface area contributed by atoms with Crippen molar-refractivity contribution in [3.05, 3.63) is 69.3 Å². The van der Waals surface area contributed by atoms with Crippen molar-refractivity contribution in [2.45, 2.75) is 19.6 Å². The number of nitrogens with zero attached hydrogens (tertiary/aromatic N) is 4.